The van der Waals surface area contributed by atoms with Crippen molar-refractivity contribution in [3.05, 3.63) is 70.3 Å². The molecule has 0 atom stereocenters. The van der Waals surface area contributed by atoms with E-state index in [0.717, 1.165) is 5.56 Å². The average Bonchev–Trinajstić information content (AvgIpc) is 2.74. The summed E-state index contributed by atoms with van der Waals surface area (Å²) in [6.07, 6.45) is 0.653. The number of para-hydroxylation sites is 2. The molecule has 0 spiro atoms. The fraction of sp³-hybridized carbons (Fsp3) is 0.333. The number of hydrogen-bond donors (Lipinski definition) is 1. The third-order valence-corrected chi connectivity index (χ3v) is 5.57. The minimum absolute atomic E-state index is 0.0176. The Morgan fingerprint density at radius 3 is 2.28 bits per heavy atom. The Labute approximate surface area is 168 Å². The summed E-state index contributed by atoms with van der Waals surface area (Å²) in [5.41, 5.74) is 0.0568. The highest BCUT2D eigenvalue weighted by molar-refractivity contribution is 5.84. The fourth-order valence-corrected chi connectivity index (χ4v) is 3.85. The van der Waals surface area contributed by atoms with Crippen LogP contribution in [0.3, 0.4) is 0 Å². The third-order valence-electron chi connectivity index (χ3n) is 5.57. The number of carboxylic acid groups (broad SMARTS) is 1. The Kier molecular flexibility index (Phi) is 5.81. The summed E-state index contributed by atoms with van der Waals surface area (Å²) in [4.78, 5) is 38.7. The third kappa shape index (κ3) is 4.06. The number of nitro benzene ring substituents is 1. The minimum atomic E-state index is -0.998. The number of rotatable bonds is 6. The van der Waals surface area contributed by atoms with E-state index in [1.165, 1.54) is 6.07 Å². The van der Waals surface area contributed by atoms with Crippen molar-refractivity contribution in [3.8, 4) is 0 Å². The van der Waals surface area contributed by atoms with Gasteiger partial charge in [-0.15, -0.1) is 0 Å². The van der Waals surface area contributed by atoms with Crippen molar-refractivity contribution in [1.29, 1.82) is 0 Å². The molecule has 3 rings (SSSR count). The van der Waals surface area contributed by atoms with Crippen LogP contribution in [0, 0.1) is 10.1 Å². The molecule has 1 N–H and O–H groups in total. The summed E-state index contributed by atoms with van der Waals surface area (Å²) in [7, 11) is 1.63. The first-order valence-electron chi connectivity index (χ1n) is 9.36. The van der Waals surface area contributed by atoms with Gasteiger partial charge in [-0.2, -0.15) is 0 Å². The van der Waals surface area contributed by atoms with Gasteiger partial charge in [0.2, 0.25) is 5.91 Å². The Morgan fingerprint density at radius 1 is 1.10 bits per heavy atom. The number of nitrogens with zero attached hydrogens (tertiary/aromatic N) is 3. The molecule has 2 aromatic carbocycles. The number of carboxylic acids is 1. The molecule has 8 nitrogen and oxygen atoms in total. The summed E-state index contributed by atoms with van der Waals surface area (Å²) < 4.78 is 0. The number of likely N-dealkylation sites (N-methyl/N-ethyl adjacent to an activating group) is 1. The lowest BCUT2D eigenvalue weighted by Gasteiger charge is -2.39. The zero-order valence-electron chi connectivity index (χ0n) is 16.2. The van der Waals surface area contributed by atoms with Crippen LogP contribution < -0.4 is 4.90 Å². The quantitative estimate of drug-likeness (QED) is 0.594. The SMILES string of the molecule is CN(CC(=O)N1CCC(C(=O)O)(c2ccccc2)CC1)c1ccccc1[N+](=O)[O-]. The fourth-order valence-electron chi connectivity index (χ4n) is 3.85. The van der Waals surface area contributed by atoms with Gasteiger partial charge in [0.25, 0.3) is 5.69 Å². The summed E-state index contributed by atoms with van der Waals surface area (Å²) in [6.45, 7) is 0.631. The van der Waals surface area contributed by atoms with Crippen molar-refractivity contribution in [3.63, 3.8) is 0 Å². The number of likely N-dealkylation sites (tertiary alicyclic amines) is 1. The second kappa shape index (κ2) is 8.30. The van der Waals surface area contributed by atoms with Crippen LogP contribution in [-0.2, 0) is 15.0 Å². The molecule has 1 fully saturated rings. The van der Waals surface area contributed by atoms with Crippen LogP contribution in [0.1, 0.15) is 18.4 Å². The molecule has 0 unspecified atom stereocenters. The van der Waals surface area contributed by atoms with E-state index >= 15 is 0 Å². The zero-order chi connectivity index (χ0) is 21.0. The molecule has 1 aliphatic heterocycles. The van der Waals surface area contributed by atoms with Gasteiger partial charge in [-0.1, -0.05) is 42.5 Å². The lowest BCUT2D eigenvalue weighted by Crippen LogP contribution is -2.50. The number of carbonyl (C=O) groups excluding carboxylic acids is 1. The predicted molar refractivity (Wildman–Crippen MR) is 108 cm³/mol. The maximum atomic E-state index is 12.7. The lowest BCUT2D eigenvalue weighted by atomic mass is 9.73. The van der Waals surface area contributed by atoms with E-state index in [2.05, 4.69) is 0 Å². The van der Waals surface area contributed by atoms with Gasteiger partial charge in [0.1, 0.15) is 5.69 Å². The molecule has 29 heavy (non-hydrogen) atoms. The lowest BCUT2D eigenvalue weighted by molar-refractivity contribution is -0.384. The molecule has 1 heterocycles. The number of piperidine rings is 1. The van der Waals surface area contributed by atoms with Crippen molar-refractivity contribution in [2.75, 3.05) is 31.6 Å². The van der Waals surface area contributed by atoms with Crippen LogP contribution in [0.15, 0.2) is 54.6 Å². The number of hydrogen-bond acceptors (Lipinski definition) is 5. The highest BCUT2D eigenvalue weighted by atomic mass is 16.6. The summed E-state index contributed by atoms with van der Waals surface area (Å²) in [5.74, 6) is -1.06. The van der Waals surface area contributed by atoms with E-state index in [9.17, 15) is 24.8 Å². The Bertz CT molecular complexity index is 908. The largest absolute Gasteiger partial charge is 0.481 e. The molecule has 1 amide bonds. The van der Waals surface area contributed by atoms with Gasteiger partial charge in [-0.25, -0.2) is 0 Å². The standard InChI is InChI=1S/C21H23N3O5/c1-22(17-9-5-6-10-18(17)24(28)29)15-19(25)23-13-11-21(12-14-23,20(26)27)16-7-3-2-4-8-16/h2-10H,11-15H2,1H3,(H,26,27). The van der Waals surface area contributed by atoms with E-state index in [4.69, 9.17) is 0 Å². The van der Waals surface area contributed by atoms with Crippen molar-refractivity contribution in [1.82, 2.24) is 4.90 Å². The van der Waals surface area contributed by atoms with Crippen molar-refractivity contribution in [2.24, 2.45) is 0 Å². The zero-order valence-corrected chi connectivity index (χ0v) is 16.2. The van der Waals surface area contributed by atoms with E-state index in [0.29, 0.717) is 31.6 Å². The van der Waals surface area contributed by atoms with Gasteiger partial charge in [0, 0.05) is 26.2 Å². The van der Waals surface area contributed by atoms with Crippen molar-refractivity contribution in [2.45, 2.75) is 18.3 Å². The van der Waals surface area contributed by atoms with E-state index in [1.54, 1.807) is 35.0 Å². The molecule has 8 heteroatoms. The summed E-state index contributed by atoms with van der Waals surface area (Å²) >= 11 is 0. The Hall–Kier alpha value is -3.42. The van der Waals surface area contributed by atoms with Gasteiger partial charge >= 0.3 is 5.97 Å². The summed E-state index contributed by atoms with van der Waals surface area (Å²) in [6, 6.07) is 15.4. The normalized spacial score (nSPS) is 15.6. The Morgan fingerprint density at radius 2 is 1.69 bits per heavy atom. The van der Waals surface area contributed by atoms with Gasteiger partial charge in [-0.3, -0.25) is 19.7 Å². The van der Waals surface area contributed by atoms with E-state index < -0.39 is 16.3 Å². The van der Waals surface area contributed by atoms with Gasteiger partial charge < -0.3 is 14.9 Å². The molecule has 1 saturated heterocycles. The van der Waals surface area contributed by atoms with Crippen molar-refractivity contribution >= 4 is 23.3 Å². The molecule has 1 aliphatic rings. The first-order chi connectivity index (χ1) is 13.8. The summed E-state index contributed by atoms with van der Waals surface area (Å²) in [5, 5.41) is 21.1. The predicted octanol–water partition coefficient (Wildman–Crippen LogP) is 2.68. The van der Waals surface area contributed by atoms with Gasteiger partial charge in [0.15, 0.2) is 0 Å². The monoisotopic (exact) mass is 397 g/mol. The topological polar surface area (TPSA) is 104 Å². The van der Waals surface area contributed by atoms with Crippen LogP contribution in [-0.4, -0.2) is 53.5 Å². The molecular weight excluding hydrogens is 374 g/mol. The molecule has 0 aromatic heterocycles. The Balaban J connectivity index is 1.69. The molecule has 0 radical (unpaired) electrons. The minimum Gasteiger partial charge on any atom is -0.481 e. The number of nitro groups is 1. The first-order valence-corrected chi connectivity index (χ1v) is 9.36. The molecule has 0 bridgehead atoms. The van der Waals surface area contributed by atoms with Gasteiger partial charge in [-0.05, 0) is 24.5 Å². The number of amides is 1. The maximum Gasteiger partial charge on any atom is 0.314 e. The number of aliphatic carboxylic acids is 1. The number of anilines is 1. The van der Waals surface area contributed by atoms with E-state index in [1.807, 2.05) is 30.3 Å². The number of benzene rings is 2. The molecular formula is C21H23N3O5. The van der Waals surface area contributed by atoms with Crippen LogP contribution in [0.25, 0.3) is 0 Å². The molecule has 2 aromatic rings. The van der Waals surface area contributed by atoms with Crippen LogP contribution >= 0.6 is 0 Å². The van der Waals surface area contributed by atoms with Crippen LogP contribution in [0.4, 0.5) is 11.4 Å². The molecule has 152 valence electrons. The second-order valence-electron chi connectivity index (χ2n) is 7.24. The van der Waals surface area contributed by atoms with Crippen molar-refractivity contribution < 1.29 is 19.6 Å². The highest BCUT2D eigenvalue weighted by Gasteiger charge is 2.43. The first kappa shape index (κ1) is 20.3. The average molecular weight is 397 g/mol. The number of carbonyl (C=O) groups is 2. The van der Waals surface area contributed by atoms with Gasteiger partial charge in [0.05, 0.1) is 16.9 Å². The van der Waals surface area contributed by atoms with E-state index in [-0.39, 0.29) is 18.1 Å². The van der Waals surface area contributed by atoms with Crippen LogP contribution in [0.5, 0.6) is 0 Å². The smallest absolute Gasteiger partial charge is 0.314 e. The maximum absolute atomic E-state index is 12.7. The molecule has 0 saturated carbocycles. The molecule has 0 aliphatic carbocycles. The van der Waals surface area contributed by atoms with Crippen LogP contribution in [0.2, 0.25) is 0 Å². The second-order valence-corrected chi connectivity index (χ2v) is 7.24. The highest BCUT2D eigenvalue weighted by Crippen LogP contribution is 2.36.